The van der Waals surface area contributed by atoms with Crippen molar-refractivity contribution in [2.45, 2.75) is 31.6 Å². The molecule has 8 nitrogen and oxygen atoms in total. The Bertz CT molecular complexity index is 1030. The van der Waals surface area contributed by atoms with Gasteiger partial charge in [0.05, 0.1) is 11.0 Å². The minimum absolute atomic E-state index is 0.0467. The number of hydrogen-bond acceptors (Lipinski definition) is 4. The van der Waals surface area contributed by atoms with E-state index in [4.69, 9.17) is 0 Å². The quantitative estimate of drug-likeness (QED) is 0.726. The van der Waals surface area contributed by atoms with Gasteiger partial charge >= 0.3 is 23.2 Å². The summed E-state index contributed by atoms with van der Waals surface area (Å²) in [4.78, 5) is 50.5. The molecule has 1 unspecified atom stereocenters. The maximum atomic E-state index is 12.6. The Balaban J connectivity index is 1.70. The first kappa shape index (κ1) is 19.6. The van der Waals surface area contributed by atoms with Crippen molar-refractivity contribution in [2.24, 2.45) is 0 Å². The van der Waals surface area contributed by atoms with Gasteiger partial charge in [0.25, 0.3) is 0 Å². The fraction of sp³-hybridized carbons (Fsp3) is 0.412. The van der Waals surface area contributed by atoms with Gasteiger partial charge in [-0.15, -0.1) is 0 Å². The number of H-pyrrole nitrogens is 1. The molecule has 150 valence electrons. The third-order valence-corrected chi connectivity index (χ3v) is 4.58. The normalized spacial score (nSPS) is 17.1. The summed E-state index contributed by atoms with van der Waals surface area (Å²) >= 11 is 0. The van der Waals surface area contributed by atoms with Crippen molar-refractivity contribution in [3.63, 3.8) is 0 Å². The van der Waals surface area contributed by atoms with E-state index < -0.39 is 35.2 Å². The number of halogens is 3. The molecular weight excluding hydrogens is 381 g/mol. The van der Waals surface area contributed by atoms with Gasteiger partial charge in [0.2, 0.25) is 5.91 Å². The molecule has 2 heterocycles. The number of alkyl halides is 3. The number of carbonyl (C=O) groups is 2. The lowest BCUT2D eigenvalue weighted by atomic mass is 10.2. The van der Waals surface area contributed by atoms with Gasteiger partial charge in [0, 0.05) is 19.6 Å². The number of carbonyl (C=O) groups excluding carboxylic acids is 2. The van der Waals surface area contributed by atoms with Gasteiger partial charge in [0.1, 0.15) is 6.04 Å². The van der Waals surface area contributed by atoms with Crippen LogP contribution in [0.1, 0.15) is 12.8 Å². The smallest absolute Gasteiger partial charge is 0.353 e. The van der Waals surface area contributed by atoms with Gasteiger partial charge in [-0.05, 0) is 25.0 Å². The lowest BCUT2D eigenvalue weighted by Crippen LogP contribution is -2.50. The molecule has 1 saturated heterocycles. The van der Waals surface area contributed by atoms with Crippen LogP contribution in [-0.2, 0) is 16.1 Å². The summed E-state index contributed by atoms with van der Waals surface area (Å²) in [6.45, 7) is -0.278. The highest BCUT2D eigenvalue weighted by molar-refractivity contribution is 5.90. The van der Waals surface area contributed by atoms with Crippen molar-refractivity contribution < 1.29 is 22.8 Å². The molecule has 2 aromatic rings. The van der Waals surface area contributed by atoms with Crippen LogP contribution in [0.4, 0.5) is 13.2 Å². The van der Waals surface area contributed by atoms with Crippen LogP contribution in [0, 0.1) is 0 Å². The number of aromatic amines is 1. The van der Waals surface area contributed by atoms with Gasteiger partial charge in [-0.2, -0.15) is 13.2 Å². The standard InChI is InChI=1S/C17H17F3N4O4/c18-17(19,20)16(28)24-8-3-6-12(24)13(25)21-7-9-23-11-5-2-1-4-10(11)22-14(26)15(23)27/h1-2,4-5,12H,3,6-9H2,(H,21,25)(H,22,26). The van der Waals surface area contributed by atoms with Crippen molar-refractivity contribution in [3.8, 4) is 0 Å². The lowest BCUT2D eigenvalue weighted by Gasteiger charge is -2.24. The van der Waals surface area contributed by atoms with Crippen LogP contribution >= 0.6 is 0 Å². The molecule has 1 atom stereocenters. The van der Waals surface area contributed by atoms with E-state index in [9.17, 15) is 32.3 Å². The third-order valence-electron chi connectivity index (χ3n) is 4.58. The van der Waals surface area contributed by atoms with Crippen molar-refractivity contribution in [1.29, 1.82) is 0 Å². The molecule has 11 heteroatoms. The second-order valence-corrected chi connectivity index (χ2v) is 6.37. The van der Waals surface area contributed by atoms with E-state index in [1.54, 1.807) is 24.3 Å². The van der Waals surface area contributed by atoms with Crippen LogP contribution in [0.3, 0.4) is 0 Å². The largest absolute Gasteiger partial charge is 0.471 e. The average Bonchev–Trinajstić information content (AvgIpc) is 3.13. The molecule has 0 radical (unpaired) electrons. The predicted octanol–water partition coefficient (Wildman–Crippen LogP) is 0.359. The maximum absolute atomic E-state index is 12.6. The molecule has 1 fully saturated rings. The van der Waals surface area contributed by atoms with E-state index in [-0.39, 0.29) is 32.5 Å². The zero-order chi connectivity index (χ0) is 20.5. The van der Waals surface area contributed by atoms with Crippen molar-refractivity contribution in [1.82, 2.24) is 19.8 Å². The number of nitrogens with zero attached hydrogens (tertiary/aromatic N) is 2. The maximum Gasteiger partial charge on any atom is 0.471 e. The van der Waals surface area contributed by atoms with Crippen molar-refractivity contribution in [2.75, 3.05) is 13.1 Å². The Morgan fingerprint density at radius 2 is 1.93 bits per heavy atom. The summed E-state index contributed by atoms with van der Waals surface area (Å²) in [6.07, 6.45) is -4.63. The summed E-state index contributed by atoms with van der Waals surface area (Å²) in [7, 11) is 0. The van der Waals surface area contributed by atoms with Crippen LogP contribution in [0.2, 0.25) is 0 Å². The Kier molecular flexibility index (Phi) is 5.25. The van der Waals surface area contributed by atoms with Crippen LogP contribution in [0.15, 0.2) is 33.9 Å². The molecular formula is C17H17F3N4O4. The highest BCUT2D eigenvalue weighted by atomic mass is 19.4. The number of nitrogens with one attached hydrogen (secondary N) is 2. The first-order valence-corrected chi connectivity index (χ1v) is 8.57. The Morgan fingerprint density at radius 1 is 1.21 bits per heavy atom. The van der Waals surface area contributed by atoms with Gasteiger partial charge in [-0.1, -0.05) is 12.1 Å². The van der Waals surface area contributed by atoms with Crippen molar-refractivity contribution >= 4 is 22.8 Å². The number of para-hydroxylation sites is 2. The number of amides is 2. The lowest BCUT2D eigenvalue weighted by molar-refractivity contribution is -0.186. The van der Waals surface area contributed by atoms with Crippen molar-refractivity contribution in [3.05, 3.63) is 45.0 Å². The monoisotopic (exact) mass is 398 g/mol. The van der Waals surface area contributed by atoms with E-state index in [0.717, 1.165) is 0 Å². The molecule has 1 aliphatic heterocycles. The first-order valence-electron chi connectivity index (χ1n) is 8.57. The summed E-state index contributed by atoms with van der Waals surface area (Å²) in [6, 6.07) is 5.39. The van der Waals surface area contributed by atoms with E-state index in [0.29, 0.717) is 15.9 Å². The fourth-order valence-corrected chi connectivity index (χ4v) is 3.30. The minimum Gasteiger partial charge on any atom is -0.353 e. The molecule has 1 aromatic carbocycles. The molecule has 1 aromatic heterocycles. The highest BCUT2D eigenvalue weighted by Gasteiger charge is 2.47. The number of likely N-dealkylation sites (tertiary alicyclic amines) is 1. The second-order valence-electron chi connectivity index (χ2n) is 6.37. The molecule has 28 heavy (non-hydrogen) atoms. The first-order chi connectivity index (χ1) is 13.2. The summed E-state index contributed by atoms with van der Waals surface area (Å²) in [5.41, 5.74) is -0.724. The van der Waals surface area contributed by atoms with Crippen LogP contribution < -0.4 is 16.4 Å². The van der Waals surface area contributed by atoms with E-state index in [1.165, 1.54) is 4.57 Å². The molecule has 0 bridgehead atoms. The molecule has 0 saturated carbocycles. The highest BCUT2D eigenvalue weighted by Crippen LogP contribution is 2.25. The predicted molar refractivity (Wildman–Crippen MR) is 92.6 cm³/mol. The Morgan fingerprint density at radius 3 is 2.64 bits per heavy atom. The SMILES string of the molecule is O=C(NCCn1c(=O)c(=O)[nH]c2ccccc21)C1CCCN1C(=O)C(F)(F)F. The molecule has 0 spiro atoms. The average molecular weight is 398 g/mol. The number of hydrogen-bond donors (Lipinski definition) is 2. The summed E-state index contributed by atoms with van der Waals surface area (Å²) in [5.74, 6) is -2.76. The summed E-state index contributed by atoms with van der Waals surface area (Å²) in [5, 5.41) is 2.45. The topological polar surface area (TPSA) is 104 Å². The fourth-order valence-electron chi connectivity index (χ4n) is 3.30. The molecule has 2 N–H and O–H groups in total. The molecule has 3 rings (SSSR count). The molecule has 1 aliphatic rings. The minimum atomic E-state index is -5.04. The van der Waals surface area contributed by atoms with Crippen LogP contribution in [0.5, 0.6) is 0 Å². The number of aromatic nitrogens is 2. The number of benzene rings is 1. The van der Waals surface area contributed by atoms with Gasteiger partial charge in [0.15, 0.2) is 0 Å². The van der Waals surface area contributed by atoms with Crippen LogP contribution in [-0.4, -0.2) is 51.6 Å². The number of rotatable bonds is 4. The van der Waals surface area contributed by atoms with Gasteiger partial charge in [-0.3, -0.25) is 19.2 Å². The van der Waals surface area contributed by atoms with Gasteiger partial charge in [-0.25, -0.2) is 0 Å². The van der Waals surface area contributed by atoms with E-state index in [2.05, 4.69) is 10.3 Å². The van der Waals surface area contributed by atoms with E-state index >= 15 is 0 Å². The zero-order valence-corrected chi connectivity index (χ0v) is 14.6. The number of fused-ring (bicyclic) bond motifs is 1. The Hall–Kier alpha value is -3.11. The van der Waals surface area contributed by atoms with E-state index in [1.807, 2.05) is 0 Å². The molecule has 0 aliphatic carbocycles. The molecule has 2 amide bonds. The Labute approximate surface area is 155 Å². The zero-order valence-electron chi connectivity index (χ0n) is 14.6. The third kappa shape index (κ3) is 3.78. The summed E-state index contributed by atoms with van der Waals surface area (Å²) < 4.78 is 39.1. The van der Waals surface area contributed by atoms with Crippen LogP contribution in [0.25, 0.3) is 11.0 Å². The second kappa shape index (κ2) is 7.49. The van der Waals surface area contributed by atoms with Gasteiger partial charge < -0.3 is 19.8 Å².